The van der Waals surface area contributed by atoms with Gasteiger partial charge in [-0.2, -0.15) is 0 Å². The zero-order valence-corrected chi connectivity index (χ0v) is 10.2. The van der Waals surface area contributed by atoms with Gasteiger partial charge in [-0.1, -0.05) is 24.6 Å². The number of hydrogen-bond donors (Lipinski definition) is 2. The lowest BCUT2D eigenvalue weighted by Crippen LogP contribution is -2.34. The molecule has 1 aromatic carbocycles. The van der Waals surface area contributed by atoms with Crippen LogP contribution in [0.15, 0.2) is 18.2 Å². The van der Waals surface area contributed by atoms with E-state index in [0.29, 0.717) is 23.6 Å². The molecule has 1 rings (SSSR count). The molecule has 0 saturated heterocycles. The van der Waals surface area contributed by atoms with Gasteiger partial charge in [0, 0.05) is 29.7 Å². The van der Waals surface area contributed by atoms with Crippen molar-refractivity contribution in [2.24, 2.45) is 5.73 Å². The van der Waals surface area contributed by atoms with E-state index in [1.165, 1.54) is 6.07 Å². The molecular weight excluding hydrogens is 227 g/mol. The van der Waals surface area contributed by atoms with Crippen LogP contribution in [0.25, 0.3) is 0 Å². The topological polar surface area (TPSA) is 38.0 Å². The lowest BCUT2D eigenvalue weighted by molar-refractivity contribution is 0.489. The fraction of sp³-hybridized carbons (Fsp3) is 0.500. The minimum absolute atomic E-state index is 0.220. The second kappa shape index (κ2) is 6.84. The normalized spacial score (nSPS) is 12.8. The summed E-state index contributed by atoms with van der Waals surface area (Å²) < 4.78 is 13.5. The Labute approximate surface area is 101 Å². The fourth-order valence-corrected chi connectivity index (χ4v) is 1.86. The van der Waals surface area contributed by atoms with Gasteiger partial charge in [0.1, 0.15) is 5.82 Å². The summed E-state index contributed by atoms with van der Waals surface area (Å²) >= 11 is 5.97. The molecule has 1 unspecified atom stereocenters. The molecule has 1 atom stereocenters. The van der Waals surface area contributed by atoms with Crippen LogP contribution in [0, 0.1) is 5.82 Å². The van der Waals surface area contributed by atoms with Crippen LogP contribution in [0.2, 0.25) is 5.02 Å². The Balaban J connectivity index is 2.69. The summed E-state index contributed by atoms with van der Waals surface area (Å²) in [6, 6.07) is 5.00. The Morgan fingerprint density at radius 1 is 1.50 bits per heavy atom. The molecule has 2 nitrogen and oxygen atoms in total. The SMILES string of the molecule is CCC(Cc1c(F)cccc1Cl)NCCN. The Bertz CT molecular complexity index is 311. The molecule has 90 valence electrons. The Morgan fingerprint density at radius 2 is 2.25 bits per heavy atom. The van der Waals surface area contributed by atoms with E-state index in [2.05, 4.69) is 12.2 Å². The van der Waals surface area contributed by atoms with Crippen molar-refractivity contribution < 1.29 is 4.39 Å². The van der Waals surface area contributed by atoms with Crippen LogP contribution in [0.3, 0.4) is 0 Å². The van der Waals surface area contributed by atoms with Crippen LogP contribution >= 0.6 is 11.6 Å². The molecule has 0 aliphatic heterocycles. The Hall–Kier alpha value is -0.640. The summed E-state index contributed by atoms with van der Waals surface area (Å²) in [5.74, 6) is -0.236. The van der Waals surface area contributed by atoms with E-state index in [0.717, 1.165) is 13.0 Å². The van der Waals surface area contributed by atoms with Gasteiger partial charge < -0.3 is 11.1 Å². The highest BCUT2D eigenvalue weighted by molar-refractivity contribution is 6.31. The largest absolute Gasteiger partial charge is 0.329 e. The van der Waals surface area contributed by atoms with E-state index < -0.39 is 0 Å². The van der Waals surface area contributed by atoms with E-state index in [4.69, 9.17) is 17.3 Å². The predicted molar refractivity (Wildman–Crippen MR) is 66.3 cm³/mol. The highest BCUT2D eigenvalue weighted by Gasteiger charge is 2.12. The van der Waals surface area contributed by atoms with Gasteiger partial charge in [-0.3, -0.25) is 0 Å². The molecule has 0 aromatic heterocycles. The van der Waals surface area contributed by atoms with Gasteiger partial charge in [0.15, 0.2) is 0 Å². The second-order valence-electron chi connectivity index (χ2n) is 3.75. The van der Waals surface area contributed by atoms with E-state index in [-0.39, 0.29) is 11.9 Å². The number of nitrogens with two attached hydrogens (primary N) is 1. The summed E-state index contributed by atoms with van der Waals surface area (Å²) in [5, 5.41) is 3.77. The molecule has 0 saturated carbocycles. The molecule has 0 amide bonds. The molecule has 0 spiro atoms. The van der Waals surface area contributed by atoms with Crippen molar-refractivity contribution in [2.75, 3.05) is 13.1 Å². The summed E-state index contributed by atoms with van der Waals surface area (Å²) in [6.45, 7) is 3.38. The summed E-state index contributed by atoms with van der Waals surface area (Å²) in [7, 11) is 0. The van der Waals surface area contributed by atoms with Gasteiger partial charge in [0.25, 0.3) is 0 Å². The number of halogens is 2. The highest BCUT2D eigenvalue weighted by atomic mass is 35.5. The minimum atomic E-state index is -0.236. The van der Waals surface area contributed by atoms with Crippen LogP contribution < -0.4 is 11.1 Å². The van der Waals surface area contributed by atoms with Gasteiger partial charge in [0.2, 0.25) is 0 Å². The summed E-state index contributed by atoms with van der Waals surface area (Å²) in [5.41, 5.74) is 6.01. The summed E-state index contributed by atoms with van der Waals surface area (Å²) in [6.07, 6.45) is 1.52. The molecule has 0 bridgehead atoms. The first-order chi connectivity index (χ1) is 7.69. The van der Waals surface area contributed by atoms with Gasteiger partial charge in [-0.05, 0) is 25.0 Å². The van der Waals surface area contributed by atoms with E-state index in [1.54, 1.807) is 12.1 Å². The average molecular weight is 245 g/mol. The molecule has 0 fully saturated rings. The highest BCUT2D eigenvalue weighted by Crippen LogP contribution is 2.21. The van der Waals surface area contributed by atoms with Crippen LogP contribution in [0.5, 0.6) is 0 Å². The van der Waals surface area contributed by atoms with Gasteiger partial charge in [-0.15, -0.1) is 0 Å². The molecule has 0 aliphatic rings. The molecule has 0 radical (unpaired) electrons. The smallest absolute Gasteiger partial charge is 0.127 e. The Morgan fingerprint density at radius 3 is 2.81 bits per heavy atom. The van der Waals surface area contributed by atoms with Crippen molar-refractivity contribution in [1.82, 2.24) is 5.32 Å². The van der Waals surface area contributed by atoms with Gasteiger partial charge in [0.05, 0.1) is 0 Å². The Kier molecular flexibility index (Phi) is 5.74. The lowest BCUT2D eigenvalue weighted by Gasteiger charge is -2.17. The monoisotopic (exact) mass is 244 g/mol. The molecular formula is C12H18ClFN2. The van der Waals surface area contributed by atoms with Crippen molar-refractivity contribution in [3.8, 4) is 0 Å². The molecule has 0 aliphatic carbocycles. The molecule has 1 aromatic rings. The van der Waals surface area contributed by atoms with E-state index in [1.807, 2.05) is 0 Å². The third-order valence-corrected chi connectivity index (χ3v) is 2.94. The van der Waals surface area contributed by atoms with Crippen LogP contribution in [0.4, 0.5) is 4.39 Å². The van der Waals surface area contributed by atoms with Crippen LogP contribution in [-0.4, -0.2) is 19.1 Å². The van der Waals surface area contributed by atoms with Gasteiger partial charge >= 0.3 is 0 Å². The van der Waals surface area contributed by atoms with Crippen molar-refractivity contribution in [3.05, 3.63) is 34.6 Å². The maximum atomic E-state index is 13.5. The average Bonchev–Trinajstić information content (AvgIpc) is 2.28. The van der Waals surface area contributed by atoms with Crippen LogP contribution in [-0.2, 0) is 6.42 Å². The number of nitrogens with one attached hydrogen (secondary N) is 1. The van der Waals surface area contributed by atoms with E-state index >= 15 is 0 Å². The number of benzene rings is 1. The fourth-order valence-electron chi connectivity index (χ4n) is 1.62. The summed E-state index contributed by atoms with van der Waals surface area (Å²) in [4.78, 5) is 0. The second-order valence-corrected chi connectivity index (χ2v) is 4.16. The molecule has 0 heterocycles. The van der Waals surface area contributed by atoms with Crippen molar-refractivity contribution in [3.63, 3.8) is 0 Å². The van der Waals surface area contributed by atoms with Crippen molar-refractivity contribution >= 4 is 11.6 Å². The number of rotatable bonds is 6. The predicted octanol–water partition coefficient (Wildman–Crippen LogP) is 2.35. The standard InChI is InChI=1S/C12H18ClFN2/c1-2-9(16-7-6-15)8-10-11(13)4-3-5-12(10)14/h3-5,9,16H,2,6-8,15H2,1H3. The maximum Gasteiger partial charge on any atom is 0.127 e. The van der Waals surface area contributed by atoms with Crippen molar-refractivity contribution in [1.29, 1.82) is 0 Å². The quantitative estimate of drug-likeness (QED) is 0.806. The minimum Gasteiger partial charge on any atom is -0.329 e. The number of hydrogen-bond acceptors (Lipinski definition) is 2. The maximum absolute atomic E-state index is 13.5. The van der Waals surface area contributed by atoms with Gasteiger partial charge in [-0.25, -0.2) is 4.39 Å². The first-order valence-corrected chi connectivity index (χ1v) is 5.93. The molecule has 16 heavy (non-hydrogen) atoms. The van der Waals surface area contributed by atoms with Crippen LogP contribution in [0.1, 0.15) is 18.9 Å². The first kappa shape index (κ1) is 13.4. The third-order valence-electron chi connectivity index (χ3n) is 2.58. The lowest BCUT2D eigenvalue weighted by atomic mass is 10.0. The zero-order valence-electron chi connectivity index (χ0n) is 9.47. The molecule has 4 heteroatoms. The molecule has 3 N–H and O–H groups in total. The third kappa shape index (κ3) is 3.74. The van der Waals surface area contributed by atoms with E-state index in [9.17, 15) is 4.39 Å². The first-order valence-electron chi connectivity index (χ1n) is 5.55. The van der Waals surface area contributed by atoms with Crippen molar-refractivity contribution in [2.45, 2.75) is 25.8 Å². The zero-order chi connectivity index (χ0) is 12.0.